The van der Waals surface area contributed by atoms with Crippen molar-refractivity contribution < 1.29 is 23.8 Å². The van der Waals surface area contributed by atoms with E-state index in [1.807, 2.05) is 0 Å². The van der Waals surface area contributed by atoms with Gasteiger partial charge in [0.1, 0.15) is 6.61 Å². The topological polar surface area (TPSA) is 61.8 Å². The molecule has 0 aromatic carbocycles. The van der Waals surface area contributed by atoms with Crippen LogP contribution in [-0.2, 0) is 23.8 Å². The molecule has 5 heteroatoms. The van der Waals surface area contributed by atoms with Crippen molar-refractivity contribution in [1.82, 2.24) is 0 Å². The van der Waals surface area contributed by atoms with E-state index in [0.717, 1.165) is 70.6 Å². The molecule has 0 amide bonds. The second kappa shape index (κ2) is 43.3. The van der Waals surface area contributed by atoms with Gasteiger partial charge < -0.3 is 14.2 Å². The fourth-order valence-electron chi connectivity index (χ4n) is 6.05. The summed E-state index contributed by atoms with van der Waals surface area (Å²) in [5, 5.41) is 0. The molecule has 0 aromatic heterocycles. The highest BCUT2D eigenvalue weighted by atomic mass is 16.6. The zero-order valence-electron chi connectivity index (χ0n) is 34.6. The number of rotatable bonds is 40. The predicted molar refractivity (Wildman–Crippen MR) is 224 cm³/mol. The Morgan fingerprint density at radius 3 is 1.42 bits per heavy atom. The van der Waals surface area contributed by atoms with Gasteiger partial charge in [0.25, 0.3) is 0 Å². The molecule has 0 rings (SSSR count). The van der Waals surface area contributed by atoms with Crippen molar-refractivity contribution in [1.29, 1.82) is 0 Å². The van der Waals surface area contributed by atoms with Gasteiger partial charge in [-0.2, -0.15) is 0 Å². The first-order valence-corrected chi connectivity index (χ1v) is 22.2. The predicted octanol–water partition coefficient (Wildman–Crippen LogP) is 14.4. The highest BCUT2D eigenvalue weighted by molar-refractivity contribution is 5.70. The maximum atomic E-state index is 12.6. The highest BCUT2D eigenvalue weighted by Gasteiger charge is 2.17. The number of esters is 2. The summed E-state index contributed by atoms with van der Waals surface area (Å²) in [6.45, 7) is 7.63. The molecule has 0 spiro atoms. The Hall–Kier alpha value is -2.14. The Bertz CT molecular complexity index is 873. The third-order valence-electron chi connectivity index (χ3n) is 9.35. The van der Waals surface area contributed by atoms with Gasteiger partial charge in [-0.25, -0.2) is 0 Å². The number of hydrogen-bond acceptors (Lipinski definition) is 5. The van der Waals surface area contributed by atoms with Crippen molar-refractivity contribution in [3.63, 3.8) is 0 Å². The van der Waals surface area contributed by atoms with Gasteiger partial charge in [-0.15, -0.1) is 0 Å². The lowest BCUT2D eigenvalue weighted by atomic mass is 10.1. The fourth-order valence-corrected chi connectivity index (χ4v) is 6.05. The minimum Gasteiger partial charge on any atom is -0.462 e. The lowest BCUT2D eigenvalue weighted by molar-refractivity contribution is -0.163. The maximum absolute atomic E-state index is 12.6. The van der Waals surface area contributed by atoms with Crippen LogP contribution in [0.25, 0.3) is 0 Å². The maximum Gasteiger partial charge on any atom is 0.306 e. The smallest absolute Gasteiger partial charge is 0.306 e. The van der Waals surface area contributed by atoms with E-state index < -0.39 is 6.10 Å². The van der Waals surface area contributed by atoms with Crippen LogP contribution in [-0.4, -0.2) is 37.9 Å². The molecule has 0 aliphatic heterocycles. The summed E-state index contributed by atoms with van der Waals surface area (Å²) in [6, 6.07) is 0. The highest BCUT2D eigenvalue weighted by Crippen LogP contribution is 2.13. The van der Waals surface area contributed by atoms with E-state index in [0.29, 0.717) is 19.4 Å². The van der Waals surface area contributed by atoms with Crippen LogP contribution in [0.2, 0.25) is 0 Å². The van der Waals surface area contributed by atoms with Gasteiger partial charge in [-0.05, 0) is 77.0 Å². The minimum atomic E-state index is -0.544. The second-order valence-corrected chi connectivity index (χ2v) is 14.6. The summed E-state index contributed by atoms with van der Waals surface area (Å²) < 4.78 is 17.2. The SMILES string of the molecule is CC/C=C\C/C=C\C/C=C\CCCCCC(=O)OCC(COCCCCCCCC/C=C\CCCCCCCC)OC(=O)CCCCCCCCC. The molecule has 0 aromatic rings. The van der Waals surface area contributed by atoms with Crippen LogP contribution >= 0.6 is 0 Å². The Labute approximate surface area is 322 Å². The number of allylic oxidation sites excluding steroid dienone is 8. The molecule has 0 radical (unpaired) electrons. The van der Waals surface area contributed by atoms with E-state index in [2.05, 4.69) is 69.4 Å². The summed E-state index contributed by atoms with van der Waals surface area (Å²) in [4.78, 5) is 25.1. The zero-order valence-corrected chi connectivity index (χ0v) is 34.6. The van der Waals surface area contributed by atoms with Crippen molar-refractivity contribution in [2.75, 3.05) is 19.8 Å². The summed E-state index contributed by atoms with van der Waals surface area (Å²) in [7, 11) is 0. The summed E-state index contributed by atoms with van der Waals surface area (Å²) in [5.74, 6) is -0.438. The quantitative estimate of drug-likeness (QED) is 0.0357. The fraction of sp³-hybridized carbons (Fsp3) is 0.787. The van der Waals surface area contributed by atoms with Crippen molar-refractivity contribution in [3.05, 3.63) is 48.6 Å². The first-order valence-electron chi connectivity index (χ1n) is 22.2. The van der Waals surface area contributed by atoms with Gasteiger partial charge in [0.15, 0.2) is 6.10 Å². The van der Waals surface area contributed by atoms with E-state index in [1.165, 1.54) is 109 Å². The zero-order chi connectivity index (χ0) is 37.8. The van der Waals surface area contributed by atoms with Crippen molar-refractivity contribution >= 4 is 11.9 Å². The van der Waals surface area contributed by atoms with E-state index in [-0.39, 0.29) is 25.2 Å². The Morgan fingerprint density at radius 1 is 0.442 bits per heavy atom. The molecule has 302 valence electrons. The molecule has 1 unspecified atom stereocenters. The Kier molecular flexibility index (Phi) is 41.5. The third kappa shape index (κ3) is 40.6. The second-order valence-electron chi connectivity index (χ2n) is 14.6. The molecule has 0 saturated heterocycles. The lowest BCUT2D eigenvalue weighted by Gasteiger charge is -2.18. The monoisotopic (exact) mass is 729 g/mol. The molecule has 0 heterocycles. The van der Waals surface area contributed by atoms with E-state index in [1.54, 1.807) is 0 Å². The summed E-state index contributed by atoms with van der Waals surface area (Å²) >= 11 is 0. The first-order chi connectivity index (χ1) is 25.6. The van der Waals surface area contributed by atoms with Crippen LogP contribution in [0, 0.1) is 0 Å². The number of hydrogen-bond donors (Lipinski definition) is 0. The molecule has 0 bridgehead atoms. The van der Waals surface area contributed by atoms with Crippen molar-refractivity contribution in [3.8, 4) is 0 Å². The largest absolute Gasteiger partial charge is 0.462 e. The molecular weight excluding hydrogens is 645 g/mol. The van der Waals surface area contributed by atoms with Crippen LogP contribution in [0.4, 0.5) is 0 Å². The Morgan fingerprint density at radius 2 is 0.865 bits per heavy atom. The van der Waals surface area contributed by atoms with Crippen LogP contribution in [0.5, 0.6) is 0 Å². The minimum absolute atomic E-state index is 0.0689. The number of carbonyl (C=O) groups excluding carboxylic acids is 2. The first kappa shape index (κ1) is 49.9. The van der Waals surface area contributed by atoms with Crippen LogP contribution in [0.15, 0.2) is 48.6 Å². The molecule has 52 heavy (non-hydrogen) atoms. The number of ether oxygens (including phenoxy) is 3. The molecule has 5 nitrogen and oxygen atoms in total. The number of carbonyl (C=O) groups is 2. The normalized spacial score (nSPS) is 12.6. The summed E-state index contributed by atoms with van der Waals surface area (Å²) in [5.41, 5.74) is 0. The van der Waals surface area contributed by atoms with Crippen LogP contribution < -0.4 is 0 Å². The van der Waals surface area contributed by atoms with Crippen LogP contribution in [0.1, 0.15) is 213 Å². The molecule has 0 aliphatic carbocycles. The van der Waals surface area contributed by atoms with Crippen molar-refractivity contribution in [2.45, 2.75) is 219 Å². The molecule has 0 aliphatic rings. The molecule has 0 saturated carbocycles. The Balaban J connectivity index is 4.20. The summed E-state index contributed by atoms with van der Waals surface area (Å²) in [6.07, 6.45) is 51.2. The molecular formula is C47H84O5. The molecule has 1 atom stereocenters. The van der Waals surface area contributed by atoms with Gasteiger partial charge in [-0.1, -0.05) is 172 Å². The van der Waals surface area contributed by atoms with Gasteiger partial charge in [0.05, 0.1) is 6.61 Å². The molecule has 0 fully saturated rings. The van der Waals surface area contributed by atoms with Gasteiger partial charge in [0.2, 0.25) is 0 Å². The van der Waals surface area contributed by atoms with Gasteiger partial charge in [-0.3, -0.25) is 9.59 Å². The average molecular weight is 729 g/mol. The number of unbranched alkanes of at least 4 members (excludes halogenated alkanes) is 21. The van der Waals surface area contributed by atoms with Gasteiger partial charge >= 0.3 is 11.9 Å². The van der Waals surface area contributed by atoms with Crippen LogP contribution in [0.3, 0.4) is 0 Å². The van der Waals surface area contributed by atoms with E-state index in [4.69, 9.17) is 14.2 Å². The van der Waals surface area contributed by atoms with Crippen molar-refractivity contribution in [2.24, 2.45) is 0 Å². The standard InChI is InChI=1S/C47H84O5/c1-4-7-10-13-16-18-20-22-23-24-26-28-30-33-36-39-42-50-43-45(52-47(49)41-38-35-31-15-12-9-6-3)44-51-46(48)40-37-34-32-29-27-25-21-19-17-14-11-8-5-2/h8,11,17,19,22-23,25,27,45H,4-7,9-10,12-16,18,20-21,24,26,28-44H2,1-3H3/b11-8-,19-17-,23-22-,27-25-. The van der Waals surface area contributed by atoms with Gasteiger partial charge in [0, 0.05) is 19.4 Å². The van der Waals surface area contributed by atoms with E-state index in [9.17, 15) is 9.59 Å². The average Bonchev–Trinajstić information content (AvgIpc) is 3.14. The molecule has 0 N–H and O–H groups in total. The lowest BCUT2D eigenvalue weighted by Crippen LogP contribution is -2.30. The van der Waals surface area contributed by atoms with E-state index >= 15 is 0 Å². The third-order valence-corrected chi connectivity index (χ3v) is 9.35.